The van der Waals surface area contributed by atoms with Gasteiger partial charge in [-0.05, 0) is 119 Å². The number of piperidine rings is 2. The summed E-state index contributed by atoms with van der Waals surface area (Å²) in [5.74, 6) is 3.77. The van der Waals surface area contributed by atoms with Crippen LogP contribution in [0.2, 0.25) is 0 Å². The zero-order valence-corrected chi connectivity index (χ0v) is 29.8. The molecule has 43 heavy (non-hydrogen) atoms. The van der Waals surface area contributed by atoms with Crippen LogP contribution in [0.3, 0.4) is 0 Å². The highest BCUT2D eigenvalue weighted by Gasteiger charge is 2.38. The van der Waals surface area contributed by atoms with E-state index < -0.39 is 0 Å². The summed E-state index contributed by atoms with van der Waals surface area (Å²) in [5.41, 5.74) is 0.886. The molecule has 0 aromatic carbocycles. The van der Waals surface area contributed by atoms with Gasteiger partial charge in [-0.2, -0.15) is 15.0 Å². The maximum atomic E-state index is 4.87. The lowest BCUT2D eigenvalue weighted by Gasteiger charge is -2.46. The van der Waals surface area contributed by atoms with Crippen LogP contribution >= 0.6 is 0 Å². The van der Waals surface area contributed by atoms with E-state index in [1.165, 1.54) is 51.4 Å². The Kier molecular flexibility index (Phi) is 13.0. The molecule has 1 aromatic rings. The number of hydrogen-bond donors (Lipinski definition) is 4. The fraction of sp³-hybridized carbons (Fsp3) is 0.914. The molecule has 0 unspecified atom stereocenters. The molecule has 3 heterocycles. The molecule has 2 saturated heterocycles. The first-order valence-electron chi connectivity index (χ1n) is 17.7. The van der Waals surface area contributed by atoms with Gasteiger partial charge in [0.1, 0.15) is 0 Å². The van der Waals surface area contributed by atoms with Crippen LogP contribution in [0.15, 0.2) is 0 Å². The van der Waals surface area contributed by atoms with Gasteiger partial charge in [-0.15, -0.1) is 0 Å². The molecule has 1 aromatic heterocycles. The van der Waals surface area contributed by atoms with Crippen LogP contribution < -0.4 is 26.2 Å². The van der Waals surface area contributed by atoms with Crippen molar-refractivity contribution in [3.63, 3.8) is 0 Å². The second-order valence-corrected chi connectivity index (χ2v) is 16.4. The van der Waals surface area contributed by atoms with Gasteiger partial charge in [-0.25, -0.2) is 0 Å². The highest BCUT2D eigenvalue weighted by atomic mass is 15.3. The fourth-order valence-electron chi connectivity index (χ4n) is 8.51. The molecule has 0 saturated carbocycles. The number of hydrogen-bond acceptors (Lipinski definition) is 8. The van der Waals surface area contributed by atoms with Crippen LogP contribution in [-0.2, 0) is 0 Å². The Morgan fingerprint density at radius 2 is 0.977 bits per heavy atom. The van der Waals surface area contributed by atoms with E-state index in [0.29, 0.717) is 11.9 Å². The number of aromatic nitrogens is 3. The topological polar surface area (TPSA) is 90.0 Å². The summed E-state index contributed by atoms with van der Waals surface area (Å²) in [6.07, 6.45) is 14.5. The normalized spacial score (nSPS) is 21.4. The predicted molar refractivity (Wildman–Crippen MR) is 185 cm³/mol. The van der Waals surface area contributed by atoms with Crippen LogP contribution in [0.5, 0.6) is 0 Å². The molecular formula is C35H68N8. The fourth-order valence-corrected chi connectivity index (χ4v) is 8.51. The van der Waals surface area contributed by atoms with E-state index in [-0.39, 0.29) is 22.2 Å². The Morgan fingerprint density at radius 3 is 1.33 bits per heavy atom. The van der Waals surface area contributed by atoms with Crippen LogP contribution in [-0.4, -0.2) is 63.3 Å². The molecular weight excluding hydrogens is 532 g/mol. The molecule has 0 bridgehead atoms. The van der Waals surface area contributed by atoms with Gasteiger partial charge < -0.3 is 26.2 Å². The number of rotatable bonds is 17. The molecule has 0 atom stereocenters. The summed E-state index contributed by atoms with van der Waals surface area (Å²) in [6.45, 7) is 26.9. The molecule has 8 nitrogen and oxygen atoms in total. The maximum absolute atomic E-state index is 4.87. The average Bonchev–Trinajstić information content (AvgIpc) is 2.84. The first kappa shape index (κ1) is 35.8. The van der Waals surface area contributed by atoms with Crippen molar-refractivity contribution in [3.8, 4) is 0 Å². The van der Waals surface area contributed by atoms with Gasteiger partial charge in [0, 0.05) is 48.3 Å². The minimum Gasteiger partial charge on any atom is -0.354 e. The Morgan fingerprint density at radius 1 is 0.605 bits per heavy atom. The van der Waals surface area contributed by atoms with Crippen LogP contribution in [0.25, 0.3) is 0 Å². The molecule has 2 aliphatic rings. The molecule has 0 radical (unpaired) electrons. The Labute approximate surface area is 265 Å². The summed E-state index contributed by atoms with van der Waals surface area (Å²) in [4.78, 5) is 16.8. The zero-order chi connectivity index (χ0) is 31.7. The maximum Gasteiger partial charge on any atom is 0.231 e. The molecule has 0 aliphatic carbocycles. The summed E-state index contributed by atoms with van der Waals surface area (Å²) in [5, 5.41) is 14.7. The Bertz CT molecular complexity index is 868. The molecule has 2 fully saturated rings. The van der Waals surface area contributed by atoms with Gasteiger partial charge in [0.25, 0.3) is 0 Å². The lowest BCUT2D eigenvalue weighted by Crippen LogP contribution is -2.57. The van der Waals surface area contributed by atoms with E-state index in [1.807, 2.05) is 0 Å². The second kappa shape index (κ2) is 15.6. The van der Waals surface area contributed by atoms with E-state index in [4.69, 9.17) is 15.0 Å². The molecule has 3 rings (SSSR count). The smallest absolute Gasteiger partial charge is 0.231 e. The predicted octanol–water partition coefficient (Wildman–Crippen LogP) is 7.78. The van der Waals surface area contributed by atoms with E-state index in [2.05, 4.69) is 95.4 Å². The molecule has 8 heteroatoms. The van der Waals surface area contributed by atoms with Crippen molar-refractivity contribution in [1.82, 2.24) is 25.6 Å². The Hall–Kier alpha value is -1.67. The number of nitrogens with zero attached hydrogens (tertiary/aromatic N) is 4. The first-order valence-corrected chi connectivity index (χ1v) is 17.7. The summed E-state index contributed by atoms with van der Waals surface area (Å²) >= 11 is 0. The number of nitrogens with one attached hydrogen (secondary N) is 4. The van der Waals surface area contributed by atoms with Crippen molar-refractivity contribution in [3.05, 3.63) is 0 Å². The van der Waals surface area contributed by atoms with E-state index in [9.17, 15) is 0 Å². The third kappa shape index (κ3) is 12.7. The second-order valence-electron chi connectivity index (χ2n) is 16.4. The molecule has 0 amide bonds. The highest BCUT2D eigenvalue weighted by molar-refractivity contribution is 5.43. The van der Waals surface area contributed by atoms with Crippen LogP contribution in [0.4, 0.5) is 17.8 Å². The van der Waals surface area contributed by atoms with Crippen molar-refractivity contribution in [1.29, 1.82) is 0 Å². The van der Waals surface area contributed by atoms with Gasteiger partial charge in [-0.1, -0.05) is 39.5 Å². The standard InChI is InChI=1S/C35H68N8/c1-11-21-43(22-12-2)31-39-29(36-19-15-13-17-27-23-32(3,4)41-33(5,6)24-27)38-30(40-31)37-20-16-14-18-28-25-34(7,8)42-35(9,10)26-28/h27-28,41-42H,11-26H2,1-10H3,(H2,36,37,38,39,40). The number of anilines is 3. The third-order valence-corrected chi connectivity index (χ3v) is 9.09. The van der Waals surface area contributed by atoms with Crippen molar-refractivity contribution in [2.75, 3.05) is 41.7 Å². The van der Waals surface area contributed by atoms with Gasteiger partial charge in [0.2, 0.25) is 17.8 Å². The molecule has 248 valence electrons. The van der Waals surface area contributed by atoms with Crippen LogP contribution in [0, 0.1) is 11.8 Å². The molecule has 4 N–H and O–H groups in total. The SMILES string of the molecule is CCCN(CCC)c1nc(NCCCCC2CC(C)(C)NC(C)(C)C2)nc(NCCCCC2CC(C)(C)NC(C)(C)C2)n1. The first-order chi connectivity index (χ1) is 20.1. The summed E-state index contributed by atoms with van der Waals surface area (Å²) < 4.78 is 0. The quantitative estimate of drug-likeness (QED) is 0.135. The van der Waals surface area contributed by atoms with Crippen molar-refractivity contribution >= 4 is 17.8 Å². The largest absolute Gasteiger partial charge is 0.354 e. The van der Waals surface area contributed by atoms with E-state index in [0.717, 1.165) is 69.6 Å². The summed E-state index contributed by atoms with van der Waals surface area (Å²) in [6, 6.07) is 0. The minimum absolute atomic E-state index is 0.222. The third-order valence-electron chi connectivity index (χ3n) is 9.09. The zero-order valence-electron chi connectivity index (χ0n) is 29.8. The minimum atomic E-state index is 0.222. The van der Waals surface area contributed by atoms with E-state index >= 15 is 0 Å². The van der Waals surface area contributed by atoms with Gasteiger partial charge >= 0.3 is 0 Å². The lowest BCUT2D eigenvalue weighted by molar-refractivity contribution is 0.121. The summed E-state index contributed by atoms with van der Waals surface area (Å²) in [7, 11) is 0. The van der Waals surface area contributed by atoms with Crippen molar-refractivity contribution in [2.45, 2.75) is 168 Å². The average molecular weight is 601 g/mol. The van der Waals surface area contributed by atoms with E-state index in [1.54, 1.807) is 0 Å². The lowest BCUT2D eigenvalue weighted by atomic mass is 9.74. The van der Waals surface area contributed by atoms with Crippen molar-refractivity contribution in [2.24, 2.45) is 11.8 Å². The monoisotopic (exact) mass is 601 g/mol. The van der Waals surface area contributed by atoms with Crippen molar-refractivity contribution < 1.29 is 0 Å². The van der Waals surface area contributed by atoms with Gasteiger partial charge in [0.15, 0.2) is 0 Å². The molecule has 2 aliphatic heterocycles. The van der Waals surface area contributed by atoms with Gasteiger partial charge in [0.05, 0.1) is 0 Å². The molecule has 0 spiro atoms. The van der Waals surface area contributed by atoms with Gasteiger partial charge in [-0.3, -0.25) is 0 Å². The van der Waals surface area contributed by atoms with Crippen LogP contribution in [0.1, 0.15) is 146 Å². The number of unbranched alkanes of at least 4 members (excludes halogenated alkanes) is 2. The Balaban J connectivity index is 1.51. The highest BCUT2D eigenvalue weighted by Crippen LogP contribution is 2.36.